The van der Waals surface area contributed by atoms with Crippen molar-refractivity contribution in [2.75, 3.05) is 11.9 Å². The molecule has 0 aliphatic rings. The van der Waals surface area contributed by atoms with Crippen molar-refractivity contribution in [1.29, 1.82) is 0 Å². The number of anilines is 1. The van der Waals surface area contributed by atoms with Crippen molar-refractivity contribution in [3.8, 4) is 0 Å². The van der Waals surface area contributed by atoms with Gasteiger partial charge in [-0.05, 0) is 45.4 Å². The van der Waals surface area contributed by atoms with E-state index in [1.54, 1.807) is 32.0 Å². The van der Waals surface area contributed by atoms with E-state index in [1.807, 2.05) is 0 Å². The number of ether oxygens (including phenoxy) is 1. The monoisotopic (exact) mass is 379 g/mol. The standard InChI is InChI=1S/C19H25NO7/c1-9-14-6-5-13(7-15(14)27-19(25)17(9)11(3)23)20-18(24)12(4)26-16(8-21)10(2)22/h5-7,10,12,16,18,20-22,24H,8H2,1-4H3/t10-,12?,16?,18-/m1/s1. The van der Waals surface area contributed by atoms with E-state index in [0.717, 1.165) is 0 Å². The molecule has 0 saturated heterocycles. The van der Waals surface area contributed by atoms with Crippen LogP contribution in [0.4, 0.5) is 5.69 Å². The Morgan fingerprint density at radius 2 is 1.96 bits per heavy atom. The zero-order valence-electron chi connectivity index (χ0n) is 15.7. The minimum atomic E-state index is -1.14. The maximum atomic E-state index is 12.0. The summed E-state index contributed by atoms with van der Waals surface area (Å²) < 4.78 is 10.7. The molecule has 2 rings (SSSR count). The predicted molar refractivity (Wildman–Crippen MR) is 100.0 cm³/mol. The van der Waals surface area contributed by atoms with E-state index >= 15 is 0 Å². The number of Topliss-reactive ketones (excluding diaryl/α,β-unsaturated/α-hetero) is 1. The first kappa shape index (κ1) is 21.0. The maximum Gasteiger partial charge on any atom is 0.347 e. The van der Waals surface area contributed by atoms with Crippen molar-refractivity contribution in [2.45, 2.75) is 52.2 Å². The number of rotatable bonds is 8. The molecule has 1 heterocycles. The van der Waals surface area contributed by atoms with Crippen LogP contribution < -0.4 is 10.9 Å². The van der Waals surface area contributed by atoms with Crippen molar-refractivity contribution < 1.29 is 29.3 Å². The number of hydrogen-bond donors (Lipinski definition) is 4. The first-order valence-corrected chi connectivity index (χ1v) is 8.63. The van der Waals surface area contributed by atoms with Gasteiger partial charge in [-0.2, -0.15) is 0 Å². The first-order chi connectivity index (χ1) is 12.6. The molecule has 0 aliphatic carbocycles. The normalized spacial score (nSPS) is 16.0. The summed E-state index contributed by atoms with van der Waals surface area (Å²) in [6.45, 7) is 5.68. The zero-order chi connectivity index (χ0) is 20.3. The Bertz CT molecular complexity index is 874. The summed E-state index contributed by atoms with van der Waals surface area (Å²) in [7, 11) is 0. The van der Waals surface area contributed by atoms with Crippen LogP contribution in [0.15, 0.2) is 27.4 Å². The largest absolute Gasteiger partial charge is 0.422 e. The number of ketones is 1. The van der Waals surface area contributed by atoms with Crippen LogP contribution in [-0.4, -0.2) is 52.2 Å². The van der Waals surface area contributed by atoms with Gasteiger partial charge in [-0.15, -0.1) is 0 Å². The SMILES string of the molecule is CC(=O)c1c(C)c2ccc(N[C@H](O)C(C)OC(CO)[C@@H](C)O)cc2oc1=O. The molecule has 0 radical (unpaired) electrons. The lowest BCUT2D eigenvalue weighted by atomic mass is 10.0. The van der Waals surface area contributed by atoms with E-state index < -0.39 is 30.2 Å². The van der Waals surface area contributed by atoms with Crippen LogP contribution in [0.25, 0.3) is 11.0 Å². The van der Waals surface area contributed by atoms with Gasteiger partial charge in [0.05, 0.1) is 18.8 Å². The molecule has 148 valence electrons. The highest BCUT2D eigenvalue weighted by molar-refractivity contribution is 5.99. The Morgan fingerprint density at radius 3 is 2.52 bits per heavy atom. The van der Waals surface area contributed by atoms with Crippen LogP contribution in [0, 0.1) is 6.92 Å². The lowest BCUT2D eigenvalue weighted by molar-refractivity contribution is -0.114. The Labute approximate surface area is 156 Å². The molecule has 0 bridgehead atoms. The third-order valence-corrected chi connectivity index (χ3v) is 4.39. The van der Waals surface area contributed by atoms with Gasteiger partial charge in [-0.25, -0.2) is 4.79 Å². The van der Waals surface area contributed by atoms with Gasteiger partial charge in [-0.3, -0.25) is 4.79 Å². The molecule has 1 aromatic carbocycles. The molecule has 4 N–H and O–H groups in total. The maximum absolute atomic E-state index is 12.0. The third kappa shape index (κ3) is 4.72. The number of aryl methyl sites for hydroxylation is 1. The van der Waals surface area contributed by atoms with Gasteiger partial charge < -0.3 is 29.8 Å². The topological polar surface area (TPSA) is 129 Å². The van der Waals surface area contributed by atoms with E-state index in [4.69, 9.17) is 9.15 Å². The summed E-state index contributed by atoms with van der Waals surface area (Å²) in [6, 6.07) is 4.90. The van der Waals surface area contributed by atoms with Crippen molar-refractivity contribution >= 4 is 22.4 Å². The molecule has 2 aromatic rings. The predicted octanol–water partition coefficient (Wildman–Crippen LogP) is 1.18. The highest BCUT2D eigenvalue weighted by Crippen LogP contribution is 2.24. The number of carbonyl (C=O) groups is 1. The van der Waals surface area contributed by atoms with E-state index in [9.17, 15) is 24.9 Å². The van der Waals surface area contributed by atoms with Crippen molar-refractivity contribution in [3.05, 3.63) is 39.7 Å². The molecule has 0 amide bonds. The van der Waals surface area contributed by atoms with Crippen molar-refractivity contribution in [2.24, 2.45) is 0 Å². The van der Waals surface area contributed by atoms with Crippen LogP contribution in [0.1, 0.15) is 36.7 Å². The number of fused-ring (bicyclic) bond motifs is 1. The Hall–Kier alpha value is -2.26. The average molecular weight is 379 g/mol. The fraction of sp³-hybridized carbons (Fsp3) is 0.474. The second kappa shape index (κ2) is 8.62. The number of nitrogens with one attached hydrogen (secondary N) is 1. The van der Waals surface area contributed by atoms with Crippen LogP contribution in [0.3, 0.4) is 0 Å². The minimum Gasteiger partial charge on any atom is -0.422 e. The summed E-state index contributed by atoms with van der Waals surface area (Å²) in [5.74, 6) is -0.358. The van der Waals surface area contributed by atoms with Crippen molar-refractivity contribution in [1.82, 2.24) is 0 Å². The first-order valence-electron chi connectivity index (χ1n) is 8.63. The quantitative estimate of drug-likeness (QED) is 0.306. The zero-order valence-corrected chi connectivity index (χ0v) is 15.7. The third-order valence-electron chi connectivity index (χ3n) is 4.39. The molecule has 0 saturated carbocycles. The fourth-order valence-corrected chi connectivity index (χ4v) is 2.80. The smallest absolute Gasteiger partial charge is 0.347 e. The molecule has 0 spiro atoms. The van der Waals surface area contributed by atoms with E-state index in [1.165, 1.54) is 13.8 Å². The summed E-state index contributed by atoms with van der Waals surface area (Å²) >= 11 is 0. The summed E-state index contributed by atoms with van der Waals surface area (Å²) in [4.78, 5) is 23.7. The lowest BCUT2D eigenvalue weighted by Gasteiger charge is -2.27. The molecule has 27 heavy (non-hydrogen) atoms. The molecule has 4 atom stereocenters. The van der Waals surface area contributed by atoms with E-state index in [2.05, 4.69) is 5.32 Å². The second-order valence-electron chi connectivity index (χ2n) is 6.55. The molecule has 0 aliphatic heterocycles. The van der Waals surface area contributed by atoms with E-state index in [-0.39, 0.29) is 23.5 Å². The second-order valence-corrected chi connectivity index (χ2v) is 6.55. The highest BCUT2D eigenvalue weighted by Gasteiger charge is 2.23. The molecule has 8 nitrogen and oxygen atoms in total. The van der Waals surface area contributed by atoms with Crippen LogP contribution in [-0.2, 0) is 4.74 Å². The highest BCUT2D eigenvalue weighted by atomic mass is 16.5. The number of aliphatic hydroxyl groups excluding tert-OH is 3. The average Bonchev–Trinajstić information content (AvgIpc) is 2.58. The molecular weight excluding hydrogens is 354 g/mol. The summed E-state index contributed by atoms with van der Waals surface area (Å²) in [6.07, 6.45) is -3.59. The summed E-state index contributed by atoms with van der Waals surface area (Å²) in [5, 5.41) is 32.4. The van der Waals surface area contributed by atoms with Gasteiger partial charge in [0.1, 0.15) is 17.3 Å². The fourth-order valence-electron chi connectivity index (χ4n) is 2.80. The number of carbonyl (C=O) groups excluding carboxylic acids is 1. The Kier molecular flexibility index (Phi) is 6.72. The summed E-state index contributed by atoms with van der Waals surface area (Å²) in [5.41, 5.74) is 0.620. The van der Waals surface area contributed by atoms with E-state index in [0.29, 0.717) is 16.6 Å². The Morgan fingerprint density at radius 1 is 1.30 bits per heavy atom. The molecular formula is C19H25NO7. The van der Waals surface area contributed by atoms with Gasteiger partial charge in [0, 0.05) is 17.1 Å². The minimum absolute atomic E-state index is 0.0263. The van der Waals surface area contributed by atoms with Gasteiger partial charge in [-0.1, -0.05) is 0 Å². The van der Waals surface area contributed by atoms with Gasteiger partial charge in [0.15, 0.2) is 12.0 Å². The van der Waals surface area contributed by atoms with Crippen LogP contribution >= 0.6 is 0 Å². The molecule has 1 aromatic heterocycles. The van der Waals surface area contributed by atoms with Gasteiger partial charge in [0.25, 0.3) is 0 Å². The van der Waals surface area contributed by atoms with Crippen LogP contribution in [0.5, 0.6) is 0 Å². The van der Waals surface area contributed by atoms with Gasteiger partial charge in [0.2, 0.25) is 0 Å². The molecule has 2 unspecified atom stereocenters. The Balaban J connectivity index is 2.23. The van der Waals surface area contributed by atoms with Gasteiger partial charge >= 0.3 is 5.63 Å². The van der Waals surface area contributed by atoms with Crippen molar-refractivity contribution in [3.63, 3.8) is 0 Å². The van der Waals surface area contributed by atoms with Crippen LogP contribution in [0.2, 0.25) is 0 Å². The number of benzene rings is 1. The number of hydrogen-bond acceptors (Lipinski definition) is 8. The molecule has 8 heteroatoms. The number of aliphatic hydroxyl groups is 3. The molecule has 0 fully saturated rings. The lowest BCUT2D eigenvalue weighted by Crippen LogP contribution is -2.40.